The molecule has 0 unspecified atom stereocenters. The molecule has 3 nitrogen and oxygen atoms in total. The van der Waals surface area contributed by atoms with Crippen LogP contribution in [0.2, 0.25) is 0 Å². The van der Waals surface area contributed by atoms with Crippen molar-refractivity contribution < 1.29 is 4.42 Å². The Kier molecular flexibility index (Phi) is 7.78. The van der Waals surface area contributed by atoms with Gasteiger partial charge in [-0.05, 0) is 101 Å². The molecular weight excluding hydrogens is 773 g/mol. The first-order valence-electron chi connectivity index (χ1n) is 21.1. The molecule has 0 spiro atoms. The molecule has 0 saturated carbocycles. The molecule has 10 aromatic carbocycles. The van der Waals surface area contributed by atoms with Crippen LogP contribution < -0.4 is 4.90 Å². The minimum atomic E-state index is 0.899. The van der Waals surface area contributed by atoms with Crippen molar-refractivity contribution in [2.24, 2.45) is 0 Å². The number of rotatable bonds is 6. The first-order chi connectivity index (χ1) is 30.7. The van der Waals surface area contributed by atoms with Gasteiger partial charge in [0.2, 0.25) is 0 Å². The van der Waals surface area contributed by atoms with Gasteiger partial charge in [0.1, 0.15) is 11.2 Å². The highest BCUT2D eigenvalue weighted by molar-refractivity contribution is 7.25. The molecule has 62 heavy (non-hydrogen) atoms. The summed E-state index contributed by atoms with van der Waals surface area (Å²) in [6, 6.07) is 79.2. The summed E-state index contributed by atoms with van der Waals surface area (Å²) in [6.45, 7) is 0. The minimum absolute atomic E-state index is 0.899. The van der Waals surface area contributed by atoms with E-state index in [1.54, 1.807) is 0 Å². The highest BCUT2D eigenvalue weighted by Gasteiger charge is 2.19. The van der Waals surface area contributed by atoms with Crippen LogP contribution in [0.15, 0.2) is 223 Å². The number of benzene rings is 10. The smallest absolute Gasteiger partial charge is 0.143 e. The molecule has 0 bridgehead atoms. The fourth-order valence-corrected chi connectivity index (χ4v) is 10.9. The average molecular weight is 809 g/mol. The number of furan rings is 1. The number of hydrogen-bond donors (Lipinski definition) is 0. The molecule has 0 N–H and O–H groups in total. The maximum absolute atomic E-state index is 6.56. The maximum atomic E-state index is 6.56. The van der Waals surface area contributed by atoms with Gasteiger partial charge in [0.05, 0.1) is 16.7 Å². The Labute approximate surface area is 361 Å². The van der Waals surface area contributed by atoms with Crippen LogP contribution in [-0.2, 0) is 0 Å². The number of hydrogen-bond acceptors (Lipinski definition) is 3. The third kappa shape index (κ3) is 5.37. The molecule has 0 atom stereocenters. The monoisotopic (exact) mass is 808 g/mol. The quantitative estimate of drug-likeness (QED) is 0.167. The molecule has 4 heteroatoms. The van der Waals surface area contributed by atoms with Crippen LogP contribution in [0.5, 0.6) is 0 Å². The summed E-state index contributed by atoms with van der Waals surface area (Å²) >= 11 is 1.85. The van der Waals surface area contributed by atoms with Crippen LogP contribution in [0.3, 0.4) is 0 Å². The van der Waals surface area contributed by atoms with Gasteiger partial charge in [-0.1, -0.05) is 140 Å². The van der Waals surface area contributed by atoms with Crippen molar-refractivity contribution in [3.05, 3.63) is 218 Å². The van der Waals surface area contributed by atoms with Gasteiger partial charge in [-0.2, -0.15) is 0 Å². The minimum Gasteiger partial charge on any atom is -0.455 e. The van der Waals surface area contributed by atoms with Crippen molar-refractivity contribution >= 4 is 103 Å². The van der Waals surface area contributed by atoms with Crippen molar-refractivity contribution in [3.8, 4) is 27.9 Å². The summed E-state index contributed by atoms with van der Waals surface area (Å²) in [7, 11) is 0. The number of aromatic nitrogens is 1. The second-order valence-corrected chi connectivity index (χ2v) is 17.1. The topological polar surface area (TPSA) is 21.3 Å². The first kappa shape index (κ1) is 34.9. The van der Waals surface area contributed by atoms with E-state index < -0.39 is 0 Å². The molecule has 3 heterocycles. The SMILES string of the molecule is c1ccc(-n2c3ccccc3c3ccccc32)c(-c2ccc(N(c3ccc(-c4cccc5oc6c7ccccc7ccc6c45)cc3)c3ccc4sc5ccccc5c4c3)cc2)c1. The molecular formula is C58H36N2OS. The van der Waals surface area contributed by atoms with Gasteiger partial charge in [-0.15, -0.1) is 11.3 Å². The van der Waals surface area contributed by atoms with Gasteiger partial charge in [-0.3, -0.25) is 0 Å². The first-order valence-corrected chi connectivity index (χ1v) is 21.9. The summed E-state index contributed by atoms with van der Waals surface area (Å²) in [5, 5.41) is 9.67. The molecule has 0 aliphatic rings. The predicted octanol–water partition coefficient (Wildman–Crippen LogP) is 17.0. The molecule has 0 saturated heterocycles. The van der Waals surface area contributed by atoms with E-state index in [4.69, 9.17) is 4.42 Å². The lowest BCUT2D eigenvalue weighted by molar-refractivity contribution is 0.673. The predicted molar refractivity (Wildman–Crippen MR) is 264 cm³/mol. The van der Waals surface area contributed by atoms with Gasteiger partial charge in [0.25, 0.3) is 0 Å². The van der Waals surface area contributed by atoms with Crippen LogP contribution in [0.4, 0.5) is 17.1 Å². The van der Waals surface area contributed by atoms with E-state index in [0.29, 0.717) is 0 Å². The van der Waals surface area contributed by atoms with Crippen LogP contribution in [-0.4, -0.2) is 4.57 Å². The molecule has 0 amide bonds. The number of para-hydroxylation sites is 3. The molecule has 0 fully saturated rings. The van der Waals surface area contributed by atoms with Crippen molar-refractivity contribution in [1.29, 1.82) is 0 Å². The Balaban J connectivity index is 0.941. The van der Waals surface area contributed by atoms with Gasteiger partial charge >= 0.3 is 0 Å². The number of thiophene rings is 1. The van der Waals surface area contributed by atoms with E-state index in [1.807, 2.05) is 11.3 Å². The Hall–Kier alpha value is -7.92. The average Bonchev–Trinajstić information content (AvgIpc) is 4.02. The molecule has 0 aliphatic heterocycles. The van der Waals surface area contributed by atoms with E-state index >= 15 is 0 Å². The van der Waals surface area contributed by atoms with Crippen molar-refractivity contribution in [3.63, 3.8) is 0 Å². The molecule has 3 aromatic heterocycles. The van der Waals surface area contributed by atoms with E-state index in [-0.39, 0.29) is 0 Å². The highest BCUT2D eigenvalue weighted by atomic mass is 32.1. The van der Waals surface area contributed by atoms with Crippen molar-refractivity contribution in [1.82, 2.24) is 4.57 Å². The highest BCUT2D eigenvalue weighted by Crippen LogP contribution is 2.44. The number of anilines is 3. The largest absolute Gasteiger partial charge is 0.455 e. The molecule has 290 valence electrons. The Morgan fingerprint density at radius 1 is 0.387 bits per heavy atom. The lowest BCUT2D eigenvalue weighted by Gasteiger charge is -2.26. The van der Waals surface area contributed by atoms with E-state index in [0.717, 1.165) is 66.8 Å². The normalized spacial score (nSPS) is 11.9. The Morgan fingerprint density at radius 2 is 0.968 bits per heavy atom. The summed E-state index contributed by atoms with van der Waals surface area (Å²) in [4.78, 5) is 2.39. The van der Waals surface area contributed by atoms with Crippen LogP contribution in [0, 0.1) is 0 Å². The van der Waals surface area contributed by atoms with Gasteiger partial charge in [0, 0.05) is 69.7 Å². The zero-order valence-corrected chi connectivity index (χ0v) is 34.3. The van der Waals surface area contributed by atoms with E-state index in [1.165, 1.54) is 52.9 Å². The van der Waals surface area contributed by atoms with Crippen LogP contribution >= 0.6 is 11.3 Å². The maximum Gasteiger partial charge on any atom is 0.143 e. The summed E-state index contributed by atoms with van der Waals surface area (Å²) in [6.07, 6.45) is 0. The zero-order valence-electron chi connectivity index (χ0n) is 33.5. The summed E-state index contributed by atoms with van der Waals surface area (Å²) in [5.74, 6) is 0. The standard InChI is InChI=1S/C58H36N2OS/c1-2-14-45-37(12-1)28-34-49-57-44(18-11-22-54(57)61-58(45)49)39-26-31-41(32-27-39)59(42-33-35-56-50(36-42)48-17-6-10-23-55(48)62-56)40-29-24-38(25-30-40)43-13-3-7-19-51(43)60-52-20-8-4-15-46(52)47-16-5-9-21-53(47)60/h1-36H. The molecule has 0 aliphatic carbocycles. The molecule has 13 aromatic rings. The van der Waals surface area contributed by atoms with Gasteiger partial charge < -0.3 is 13.9 Å². The zero-order chi connectivity index (χ0) is 40.7. The van der Waals surface area contributed by atoms with Gasteiger partial charge in [-0.25, -0.2) is 0 Å². The van der Waals surface area contributed by atoms with Crippen LogP contribution in [0.1, 0.15) is 0 Å². The Bertz CT molecular complexity index is 3820. The second kappa shape index (κ2) is 13.8. The molecule has 0 radical (unpaired) electrons. The molecule has 13 rings (SSSR count). The summed E-state index contributed by atoms with van der Waals surface area (Å²) in [5.41, 5.74) is 13.3. The van der Waals surface area contributed by atoms with Crippen molar-refractivity contribution in [2.45, 2.75) is 0 Å². The Morgan fingerprint density at radius 3 is 1.73 bits per heavy atom. The van der Waals surface area contributed by atoms with E-state index in [9.17, 15) is 0 Å². The van der Waals surface area contributed by atoms with Crippen LogP contribution in [0.25, 0.3) is 103 Å². The third-order valence-electron chi connectivity index (χ3n) is 12.6. The third-order valence-corrected chi connectivity index (χ3v) is 13.8. The lowest BCUT2D eigenvalue weighted by Crippen LogP contribution is -2.09. The second-order valence-electron chi connectivity index (χ2n) is 16.0. The fraction of sp³-hybridized carbons (Fsp3) is 0. The number of nitrogens with zero attached hydrogens (tertiary/aromatic N) is 2. The van der Waals surface area contributed by atoms with Gasteiger partial charge in [0.15, 0.2) is 0 Å². The lowest BCUT2D eigenvalue weighted by atomic mass is 9.98. The number of fused-ring (bicyclic) bond motifs is 11. The van der Waals surface area contributed by atoms with E-state index in [2.05, 4.69) is 228 Å². The fourth-order valence-electron chi connectivity index (χ4n) is 9.77. The van der Waals surface area contributed by atoms with Crippen molar-refractivity contribution in [2.75, 3.05) is 4.90 Å². The summed E-state index contributed by atoms with van der Waals surface area (Å²) < 4.78 is 11.6.